The zero-order valence-electron chi connectivity index (χ0n) is 20.4. The highest BCUT2D eigenvalue weighted by Gasteiger charge is 2.20. The van der Waals surface area contributed by atoms with Crippen molar-refractivity contribution in [1.82, 2.24) is 14.6 Å². The number of carbonyl (C=O) groups is 1. The molecule has 0 unspecified atom stereocenters. The molecule has 8 heteroatoms. The summed E-state index contributed by atoms with van der Waals surface area (Å²) in [6.45, 7) is 12.8. The summed E-state index contributed by atoms with van der Waals surface area (Å²) in [4.78, 5) is 12.6. The van der Waals surface area contributed by atoms with Crippen molar-refractivity contribution in [2.75, 3.05) is 26.3 Å². The minimum absolute atomic E-state index is 0. The highest BCUT2D eigenvalue weighted by Crippen LogP contribution is 2.32. The Kier molecular flexibility index (Phi) is 12.6. The Labute approximate surface area is 209 Å². The van der Waals surface area contributed by atoms with E-state index in [1.165, 1.54) is 35.0 Å². The highest BCUT2D eigenvalue weighted by atomic mass is 32.2. The molecule has 1 aliphatic carbocycles. The third kappa shape index (κ3) is 7.68. The minimum atomic E-state index is -3.27. The van der Waals surface area contributed by atoms with Gasteiger partial charge in [0.05, 0.1) is 18.5 Å². The maximum Gasteiger partial charge on any atom is 0.251 e. The number of sulfonamides is 1. The SMILES string of the molecule is C.C=CC.CCn1c2c(c3cc(C(=O)NCCOCCNS(=O)(=O)C(C)C)ccc31)CCCC2.[HH].[HH]. The average molecular weight is 498 g/mol. The van der Waals surface area contributed by atoms with Crippen molar-refractivity contribution in [1.29, 1.82) is 0 Å². The summed E-state index contributed by atoms with van der Waals surface area (Å²) in [6.07, 6.45) is 6.38. The number of rotatable bonds is 10. The van der Waals surface area contributed by atoms with Crippen LogP contribution in [0.25, 0.3) is 10.9 Å². The molecule has 0 radical (unpaired) electrons. The summed E-state index contributed by atoms with van der Waals surface area (Å²) in [5, 5.41) is 3.62. The van der Waals surface area contributed by atoms with E-state index in [-0.39, 0.29) is 29.3 Å². The first-order chi connectivity index (χ1) is 15.8. The van der Waals surface area contributed by atoms with Crippen LogP contribution in [0.15, 0.2) is 30.9 Å². The number of hydrogen-bond acceptors (Lipinski definition) is 4. The Balaban J connectivity index is 0. The lowest BCUT2D eigenvalue weighted by atomic mass is 9.95. The molecule has 196 valence electrons. The van der Waals surface area contributed by atoms with Crippen LogP contribution in [0.4, 0.5) is 0 Å². The van der Waals surface area contributed by atoms with Gasteiger partial charge >= 0.3 is 0 Å². The fourth-order valence-electron chi connectivity index (χ4n) is 4.00. The van der Waals surface area contributed by atoms with Crippen LogP contribution in [0, 0.1) is 0 Å². The number of nitrogens with zero attached hydrogens (tertiary/aromatic N) is 1. The van der Waals surface area contributed by atoms with E-state index >= 15 is 0 Å². The van der Waals surface area contributed by atoms with Crippen LogP contribution >= 0.6 is 0 Å². The summed E-state index contributed by atoms with van der Waals surface area (Å²) in [6, 6.07) is 5.96. The number of hydrogen-bond donors (Lipinski definition) is 2. The van der Waals surface area contributed by atoms with Gasteiger partial charge in [0.1, 0.15) is 0 Å². The number of carbonyl (C=O) groups excluding carboxylic acids is 1. The molecule has 2 aromatic rings. The number of fused-ring (bicyclic) bond motifs is 3. The molecular weight excluding hydrogens is 450 g/mol. The average Bonchev–Trinajstić information content (AvgIpc) is 3.11. The summed E-state index contributed by atoms with van der Waals surface area (Å²) in [7, 11) is -3.27. The van der Waals surface area contributed by atoms with E-state index in [9.17, 15) is 13.2 Å². The van der Waals surface area contributed by atoms with Crippen LogP contribution in [-0.2, 0) is 34.1 Å². The standard InChI is InChI=1S/C22H33N3O4S.C3H6.CH4.2H2/c1-4-25-20-8-6-5-7-18(20)19-15-17(9-10-21(19)25)22(26)23-11-13-29-14-12-24-30(27,28)16(2)3;1-3-2;;;/h9-10,15-16,24H,4-8,11-14H2,1-3H3,(H,23,26);3H,1H2,2H3;1H4;2*1H. The van der Waals surface area contributed by atoms with Crippen LogP contribution in [0.3, 0.4) is 0 Å². The zero-order valence-corrected chi connectivity index (χ0v) is 21.3. The van der Waals surface area contributed by atoms with E-state index in [4.69, 9.17) is 4.74 Å². The summed E-state index contributed by atoms with van der Waals surface area (Å²) in [5.41, 5.74) is 4.71. The van der Waals surface area contributed by atoms with Gasteiger partial charge in [-0.2, -0.15) is 0 Å². The van der Waals surface area contributed by atoms with E-state index in [1.807, 2.05) is 19.1 Å². The topological polar surface area (TPSA) is 89.4 Å². The van der Waals surface area contributed by atoms with Crippen LogP contribution in [0.2, 0.25) is 0 Å². The third-order valence-corrected chi connectivity index (χ3v) is 7.51. The van der Waals surface area contributed by atoms with E-state index in [0.29, 0.717) is 18.7 Å². The molecule has 0 spiro atoms. The van der Waals surface area contributed by atoms with E-state index < -0.39 is 15.3 Å². The lowest BCUT2D eigenvalue weighted by Crippen LogP contribution is -2.34. The van der Waals surface area contributed by atoms with Crippen LogP contribution < -0.4 is 10.0 Å². The first-order valence-electron chi connectivity index (χ1n) is 11.8. The quantitative estimate of drug-likeness (QED) is 0.360. The molecule has 1 aliphatic rings. The molecule has 1 heterocycles. The van der Waals surface area contributed by atoms with Crippen molar-refractivity contribution in [2.24, 2.45) is 0 Å². The number of aromatic nitrogens is 1. The number of nitrogens with one attached hydrogen (secondary N) is 2. The van der Waals surface area contributed by atoms with Crippen molar-refractivity contribution in [3.63, 3.8) is 0 Å². The van der Waals surface area contributed by atoms with Gasteiger partial charge in [-0.1, -0.05) is 13.5 Å². The van der Waals surface area contributed by atoms with Crippen molar-refractivity contribution in [3.8, 4) is 0 Å². The molecule has 1 aromatic heterocycles. The number of ether oxygens (including phenoxy) is 1. The molecule has 0 bridgehead atoms. The fourth-order valence-corrected chi connectivity index (χ4v) is 4.70. The van der Waals surface area contributed by atoms with Gasteiger partial charge in [0, 0.05) is 44.6 Å². The molecule has 1 amide bonds. The van der Waals surface area contributed by atoms with E-state index in [1.54, 1.807) is 19.9 Å². The second-order valence-corrected chi connectivity index (χ2v) is 10.7. The zero-order chi connectivity index (χ0) is 24.4. The normalized spacial score (nSPS) is 13.0. The van der Waals surface area contributed by atoms with Gasteiger partial charge in [-0.15, -0.1) is 6.58 Å². The van der Waals surface area contributed by atoms with Gasteiger partial charge in [-0.3, -0.25) is 4.79 Å². The van der Waals surface area contributed by atoms with Crippen molar-refractivity contribution in [2.45, 2.75) is 72.6 Å². The van der Waals surface area contributed by atoms with E-state index in [2.05, 4.69) is 34.2 Å². The third-order valence-electron chi connectivity index (χ3n) is 5.66. The smallest absolute Gasteiger partial charge is 0.251 e. The Morgan fingerprint density at radius 2 is 1.88 bits per heavy atom. The molecule has 7 nitrogen and oxygen atoms in total. The molecule has 1 aromatic carbocycles. The van der Waals surface area contributed by atoms with Gasteiger partial charge in [-0.05, 0) is 77.1 Å². The molecule has 0 saturated heterocycles. The molecule has 3 rings (SSSR count). The fraction of sp³-hybridized carbons (Fsp3) is 0.577. The second kappa shape index (κ2) is 14.3. The summed E-state index contributed by atoms with van der Waals surface area (Å²) < 4.78 is 33.6. The number of allylic oxidation sites excluding steroid dienone is 1. The summed E-state index contributed by atoms with van der Waals surface area (Å²) in [5.74, 6) is -0.116. The second-order valence-electron chi connectivity index (χ2n) is 8.37. The monoisotopic (exact) mass is 497 g/mol. The summed E-state index contributed by atoms with van der Waals surface area (Å²) >= 11 is 0. The Morgan fingerprint density at radius 1 is 1.24 bits per heavy atom. The lowest BCUT2D eigenvalue weighted by molar-refractivity contribution is 0.0919. The predicted molar refractivity (Wildman–Crippen MR) is 146 cm³/mol. The lowest BCUT2D eigenvalue weighted by Gasteiger charge is -2.14. The van der Waals surface area contributed by atoms with E-state index in [0.717, 1.165) is 19.4 Å². The molecule has 34 heavy (non-hydrogen) atoms. The largest absolute Gasteiger partial charge is 0.378 e. The maximum absolute atomic E-state index is 12.6. The molecule has 0 atom stereocenters. The Morgan fingerprint density at radius 3 is 2.53 bits per heavy atom. The Bertz CT molecular complexity index is 1050. The van der Waals surface area contributed by atoms with Crippen molar-refractivity contribution < 1.29 is 20.8 Å². The van der Waals surface area contributed by atoms with Crippen LogP contribution in [0.5, 0.6) is 0 Å². The van der Waals surface area contributed by atoms with Crippen LogP contribution in [-0.4, -0.2) is 50.4 Å². The van der Waals surface area contributed by atoms with Crippen molar-refractivity contribution >= 4 is 26.8 Å². The first kappa shape index (κ1) is 29.9. The molecule has 0 fully saturated rings. The molecule has 0 aliphatic heterocycles. The first-order valence-corrected chi connectivity index (χ1v) is 13.4. The van der Waals surface area contributed by atoms with Gasteiger partial charge < -0.3 is 14.6 Å². The number of aryl methyl sites for hydroxylation is 2. The Hall–Kier alpha value is -2.16. The van der Waals surface area contributed by atoms with Gasteiger partial charge in [0.15, 0.2) is 0 Å². The van der Waals surface area contributed by atoms with Crippen molar-refractivity contribution in [3.05, 3.63) is 47.7 Å². The van der Waals surface area contributed by atoms with Gasteiger partial charge in [-0.25, -0.2) is 13.1 Å². The predicted octanol–water partition coefficient (Wildman–Crippen LogP) is 4.93. The highest BCUT2D eigenvalue weighted by molar-refractivity contribution is 7.90. The van der Waals surface area contributed by atoms with Gasteiger partial charge in [0.2, 0.25) is 10.0 Å². The van der Waals surface area contributed by atoms with Crippen LogP contribution in [0.1, 0.15) is 72.4 Å². The van der Waals surface area contributed by atoms with Gasteiger partial charge in [0.25, 0.3) is 5.91 Å². The molecular formula is C26H47N3O4S. The number of amides is 1. The minimum Gasteiger partial charge on any atom is -0.378 e. The molecule has 0 saturated carbocycles. The number of benzene rings is 1. The maximum atomic E-state index is 12.6. The molecule has 2 N–H and O–H groups in total.